The van der Waals surface area contributed by atoms with E-state index in [-0.39, 0.29) is 17.3 Å². The van der Waals surface area contributed by atoms with Crippen molar-refractivity contribution in [2.75, 3.05) is 33.8 Å². The lowest BCUT2D eigenvalue weighted by molar-refractivity contribution is -0.140. The summed E-state index contributed by atoms with van der Waals surface area (Å²) < 4.78 is 5.73. The van der Waals surface area contributed by atoms with Gasteiger partial charge in [0.15, 0.2) is 0 Å². The summed E-state index contributed by atoms with van der Waals surface area (Å²) in [4.78, 5) is 29.6. The van der Waals surface area contributed by atoms with Crippen molar-refractivity contribution in [1.82, 2.24) is 9.80 Å². The Morgan fingerprint density at radius 1 is 1.15 bits per heavy atom. The third kappa shape index (κ3) is 5.23. The molecule has 0 spiro atoms. The fourth-order valence-corrected chi connectivity index (χ4v) is 4.13. The van der Waals surface area contributed by atoms with Crippen LogP contribution in [0.3, 0.4) is 0 Å². The number of nitrogens with zero attached hydrogens (tertiary/aromatic N) is 2. The van der Waals surface area contributed by atoms with Crippen molar-refractivity contribution in [1.29, 1.82) is 0 Å². The average Bonchev–Trinajstić information content (AvgIpc) is 3.02. The Morgan fingerprint density at radius 3 is 2.39 bits per heavy atom. The summed E-state index contributed by atoms with van der Waals surface area (Å²) in [6, 6.07) is 11.7. The average molecular weight is 471 g/mol. The number of aliphatic hydroxyl groups excluding tert-OH is 1. The Labute approximate surface area is 200 Å². The molecule has 2 aromatic rings. The van der Waals surface area contributed by atoms with Gasteiger partial charge in [-0.15, -0.1) is 0 Å². The second-order valence-corrected chi connectivity index (χ2v) is 9.12. The van der Waals surface area contributed by atoms with Gasteiger partial charge >= 0.3 is 0 Å². The summed E-state index contributed by atoms with van der Waals surface area (Å²) >= 11 is 6.07. The third-order valence-electron chi connectivity index (χ3n) is 5.72. The van der Waals surface area contributed by atoms with Gasteiger partial charge in [-0.25, -0.2) is 0 Å². The van der Waals surface area contributed by atoms with Crippen LogP contribution in [0, 0.1) is 0 Å². The van der Waals surface area contributed by atoms with Crippen LogP contribution in [0.1, 0.15) is 49.4 Å². The number of halogens is 1. The van der Waals surface area contributed by atoms with E-state index in [1.54, 1.807) is 36.4 Å². The van der Waals surface area contributed by atoms with Gasteiger partial charge in [-0.3, -0.25) is 9.59 Å². The largest absolute Gasteiger partial charge is 0.507 e. The highest BCUT2D eigenvalue weighted by atomic mass is 35.5. The van der Waals surface area contributed by atoms with Crippen LogP contribution in [0.2, 0.25) is 5.02 Å². The fourth-order valence-electron chi connectivity index (χ4n) is 4.00. The lowest BCUT2D eigenvalue weighted by Crippen LogP contribution is -2.35. The number of aliphatic hydroxyl groups is 1. The normalized spacial score (nSPS) is 17.9. The van der Waals surface area contributed by atoms with Crippen LogP contribution in [0.5, 0.6) is 5.75 Å². The van der Waals surface area contributed by atoms with Crippen molar-refractivity contribution in [2.24, 2.45) is 0 Å². The van der Waals surface area contributed by atoms with E-state index >= 15 is 0 Å². The molecule has 1 unspecified atom stereocenters. The molecule has 1 aliphatic heterocycles. The molecule has 7 heteroatoms. The van der Waals surface area contributed by atoms with Crippen molar-refractivity contribution in [2.45, 2.75) is 32.7 Å². The number of carbonyl (C=O) groups excluding carboxylic acids is 2. The highest BCUT2D eigenvalue weighted by molar-refractivity contribution is 6.46. The number of ether oxygens (including phenoxy) is 1. The molecule has 2 aromatic carbocycles. The summed E-state index contributed by atoms with van der Waals surface area (Å²) in [5, 5.41) is 11.9. The van der Waals surface area contributed by atoms with Gasteiger partial charge in [-0.05, 0) is 68.4 Å². The molecule has 3 rings (SSSR count). The summed E-state index contributed by atoms with van der Waals surface area (Å²) in [7, 11) is 3.81. The molecule has 1 aliphatic rings. The fraction of sp³-hybridized carbons (Fsp3) is 0.385. The van der Waals surface area contributed by atoms with Crippen LogP contribution >= 0.6 is 11.6 Å². The Balaban J connectivity index is 2.16. The second kappa shape index (κ2) is 10.4. The van der Waals surface area contributed by atoms with E-state index in [0.29, 0.717) is 35.8 Å². The predicted octanol–water partition coefficient (Wildman–Crippen LogP) is 4.85. The van der Waals surface area contributed by atoms with E-state index < -0.39 is 17.7 Å². The predicted molar refractivity (Wildman–Crippen MR) is 131 cm³/mol. The first-order chi connectivity index (χ1) is 15.6. The molecular formula is C26H31ClN2O4. The second-order valence-electron chi connectivity index (χ2n) is 8.69. The molecule has 0 radical (unpaired) electrons. The van der Waals surface area contributed by atoms with Crippen molar-refractivity contribution < 1.29 is 19.4 Å². The molecule has 1 heterocycles. The number of ketones is 1. The molecule has 6 nitrogen and oxygen atoms in total. The van der Waals surface area contributed by atoms with Crippen molar-refractivity contribution in [3.8, 4) is 5.75 Å². The summed E-state index contributed by atoms with van der Waals surface area (Å²) in [5.74, 6) is -0.608. The standard InChI is InChI=1S/C26H31ClN2O4/c1-6-33-21-12-9-18(15-20(21)16(2)3)24(30)22-23(17-7-10-19(27)11-8-17)29(14-13-28(4)5)26(32)25(22)31/h7-12,15-16,23,30H,6,13-14H2,1-5H3/b24-22-. The highest BCUT2D eigenvalue weighted by Crippen LogP contribution is 2.40. The SMILES string of the molecule is CCOc1ccc(/C(O)=C2/C(=O)C(=O)N(CCN(C)C)C2c2ccc(Cl)cc2)cc1C(C)C. The number of likely N-dealkylation sites (N-methyl/N-ethyl adjacent to an activating group) is 1. The molecular weight excluding hydrogens is 440 g/mol. The van der Waals surface area contributed by atoms with Crippen LogP contribution in [0.25, 0.3) is 5.76 Å². The Hall–Kier alpha value is -2.83. The monoisotopic (exact) mass is 470 g/mol. The Kier molecular flexibility index (Phi) is 7.82. The first-order valence-electron chi connectivity index (χ1n) is 11.1. The van der Waals surface area contributed by atoms with Crippen LogP contribution in [-0.2, 0) is 9.59 Å². The molecule has 0 bridgehead atoms. The Bertz CT molecular complexity index is 1060. The van der Waals surface area contributed by atoms with Gasteiger partial charge in [-0.1, -0.05) is 37.6 Å². The number of carbonyl (C=O) groups is 2. The van der Waals surface area contributed by atoms with Gasteiger partial charge in [-0.2, -0.15) is 0 Å². The van der Waals surface area contributed by atoms with E-state index in [4.69, 9.17) is 16.3 Å². The Morgan fingerprint density at radius 2 is 1.82 bits per heavy atom. The quantitative estimate of drug-likeness (QED) is 0.339. The maximum Gasteiger partial charge on any atom is 0.295 e. The number of likely N-dealkylation sites (tertiary alicyclic amines) is 1. The molecule has 1 saturated heterocycles. The first-order valence-corrected chi connectivity index (χ1v) is 11.5. The highest BCUT2D eigenvalue weighted by Gasteiger charge is 2.45. The molecule has 33 heavy (non-hydrogen) atoms. The summed E-state index contributed by atoms with van der Waals surface area (Å²) in [6.45, 7) is 7.45. The number of rotatable bonds is 8. The summed E-state index contributed by atoms with van der Waals surface area (Å²) in [5.41, 5.74) is 2.20. The number of benzene rings is 2. The van der Waals surface area contributed by atoms with E-state index in [0.717, 1.165) is 11.3 Å². The van der Waals surface area contributed by atoms with Gasteiger partial charge in [0, 0.05) is 23.7 Å². The van der Waals surface area contributed by atoms with Gasteiger partial charge < -0.3 is 19.6 Å². The minimum Gasteiger partial charge on any atom is -0.507 e. The third-order valence-corrected chi connectivity index (χ3v) is 5.97. The van der Waals surface area contributed by atoms with Crippen LogP contribution in [0.4, 0.5) is 0 Å². The van der Waals surface area contributed by atoms with Gasteiger partial charge in [0.1, 0.15) is 11.5 Å². The zero-order valence-electron chi connectivity index (χ0n) is 19.8. The molecule has 0 aliphatic carbocycles. The molecule has 0 aromatic heterocycles. The van der Waals surface area contributed by atoms with Gasteiger partial charge in [0.2, 0.25) is 0 Å². The first kappa shape index (κ1) is 24.8. The topological polar surface area (TPSA) is 70.1 Å². The van der Waals surface area contributed by atoms with E-state index in [1.165, 1.54) is 4.90 Å². The number of Topliss-reactive ketones (excluding diaryl/α,β-unsaturated/α-hetero) is 1. The van der Waals surface area contributed by atoms with Crippen LogP contribution in [0.15, 0.2) is 48.0 Å². The molecule has 1 amide bonds. The molecule has 1 N–H and O–H groups in total. The molecule has 176 valence electrons. The van der Waals surface area contributed by atoms with E-state index in [1.807, 2.05) is 45.8 Å². The van der Waals surface area contributed by atoms with E-state index in [2.05, 4.69) is 0 Å². The number of hydrogen-bond acceptors (Lipinski definition) is 5. The maximum atomic E-state index is 13.1. The number of amides is 1. The minimum absolute atomic E-state index is 0.0833. The number of hydrogen-bond donors (Lipinski definition) is 1. The summed E-state index contributed by atoms with van der Waals surface area (Å²) in [6.07, 6.45) is 0. The lowest BCUT2D eigenvalue weighted by atomic mass is 9.93. The lowest BCUT2D eigenvalue weighted by Gasteiger charge is -2.26. The molecule has 0 saturated carbocycles. The minimum atomic E-state index is -0.698. The van der Waals surface area contributed by atoms with Crippen LogP contribution in [-0.4, -0.2) is 60.4 Å². The van der Waals surface area contributed by atoms with Crippen molar-refractivity contribution >= 4 is 29.1 Å². The smallest absolute Gasteiger partial charge is 0.295 e. The maximum absolute atomic E-state index is 13.1. The molecule has 1 atom stereocenters. The van der Waals surface area contributed by atoms with Gasteiger partial charge in [0.25, 0.3) is 11.7 Å². The van der Waals surface area contributed by atoms with E-state index in [9.17, 15) is 14.7 Å². The van der Waals surface area contributed by atoms with Crippen molar-refractivity contribution in [3.63, 3.8) is 0 Å². The zero-order chi connectivity index (χ0) is 24.3. The molecule has 1 fully saturated rings. The van der Waals surface area contributed by atoms with Gasteiger partial charge in [0.05, 0.1) is 18.2 Å². The van der Waals surface area contributed by atoms with Crippen molar-refractivity contribution in [3.05, 3.63) is 69.8 Å². The zero-order valence-corrected chi connectivity index (χ0v) is 20.5. The van der Waals surface area contributed by atoms with Crippen LogP contribution < -0.4 is 4.74 Å².